The standard InChI is InChI=1S/C27H30N2O2S/c1-6-7-8-19-9-11-20(12-10-19)28-23(30)16-32-27(28)22-14-17(2)13-21-18(3)15-26(4,5)29(24(21)22)25(27)31/h9-15H,6-8,16H2,1-5H3/t27-/m0/s1. The normalized spacial score (nSPS) is 23.2. The van der Waals surface area contributed by atoms with E-state index in [1.165, 1.54) is 22.9 Å². The van der Waals surface area contributed by atoms with Gasteiger partial charge in [-0.1, -0.05) is 37.6 Å². The van der Waals surface area contributed by atoms with E-state index in [9.17, 15) is 9.59 Å². The molecule has 1 spiro atoms. The number of unbranched alkanes of at least 4 members (excludes halogenated alkanes) is 1. The third-order valence-corrected chi connectivity index (χ3v) is 8.28. The predicted molar refractivity (Wildman–Crippen MR) is 133 cm³/mol. The first-order valence-corrected chi connectivity index (χ1v) is 12.4. The lowest BCUT2D eigenvalue weighted by atomic mass is 9.88. The van der Waals surface area contributed by atoms with Crippen molar-refractivity contribution >= 4 is 40.5 Å². The van der Waals surface area contributed by atoms with Crippen molar-refractivity contribution in [3.63, 3.8) is 0 Å². The molecule has 1 atom stereocenters. The van der Waals surface area contributed by atoms with E-state index in [1.54, 1.807) is 4.90 Å². The van der Waals surface area contributed by atoms with Crippen LogP contribution in [0.4, 0.5) is 11.4 Å². The third-order valence-electron chi connectivity index (χ3n) is 6.89. The fourth-order valence-corrected chi connectivity index (χ4v) is 6.84. The summed E-state index contributed by atoms with van der Waals surface area (Å²) in [6.45, 7) is 10.5. The molecule has 0 N–H and O–H groups in total. The first-order valence-electron chi connectivity index (χ1n) is 11.5. The van der Waals surface area contributed by atoms with Gasteiger partial charge in [0, 0.05) is 16.8 Å². The summed E-state index contributed by atoms with van der Waals surface area (Å²) in [5.41, 5.74) is 6.91. The van der Waals surface area contributed by atoms with E-state index in [4.69, 9.17) is 0 Å². The zero-order chi connectivity index (χ0) is 22.8. The van der Waals surface area contributed by atoms with Crippen LogP contribution in [0, 0.1) is 6.92 Å². The van der Waals surface area contributed by atoms with E-state index >= 15 is 0 Å². The Balaban J connectivity index is 1.69. The second-order valence-electron chi connectivity index (χ2n) is 9.76. The molecular weight excluding hydrogens is 416 g/mol. The van der Waals surface area contributed by atoms with Gasteiger partial charge in [-0.3, -0.25) is 19.4 Å². The average Bonchev–Trinajstić information content (AvgIpc) is 3.21. The summed E-state index contributed by atoms with van der Waals surface area (Å²) in [5.74, 6) is 0.272. The molecule has 3 aliphatic heterocycles. The molecule has 0 aromatic heterocycles. The maximum absolute atomic E-state index is 14.3. The first kappa shape index (κ1) is 21.3. The number of carbonyl (C=O) groups excluding carboxylic acids is 2. The number of fused-ring (bicyclic) bond motifs is 1. The number of amides is 2. The highest BCUT2D eigenvalue weighted by Crippen LogP contribution is 2.60. The molecule has 4 nitrogen and oxygen atoms in total. The topological polar surface area (TPSA) is 40.6 Å². The lowest BCUT2D eigenvalue weighted by molar-refractivity contribution is -0.124. The minimum atomic E-state index is -1.05. The summed E-state index contributed by atoms with van der Waals surface area (Å²) in [4.78, 5) is 30.2. The number of allylic oxidation sites excluding steroid dienone is 1. The lowest BCUT2D eigenvalue weighted by Crippen LogP contribution is -2.54. The first-order chi connectivity index (χ1) is 15.2. The van der Waals surface area contributed by atoms with Crippen LogP contribution >= 0.6 is 11.8 Å². The molecule has 2 aromatic rings. The Labute approximate surface area is 194 Å². The van der Waals surface area contributed by atoms with E-state index in [1.807, 2.05) is 17.0 Å². The number of aryl methyl sites for hydroxylation is 2. The van der Waals surface area contributed by atoms with Crippen LogP contribution in [0.25, 0.3) is 5.57 Å². The Morgan fingerprint density at radius 2 is 1.75 bits per heavy atom. The molecule has 0 bridgehead atoms. The quantitative estimate of drug-likeness (QED) is 0.595. The monoisotopic (exact) mass is 446 g/mol. The van der Waals surface area contributed by atoms with Gasteiger partial charge in [-0.05, 0) is 75.4 Å². The van der Waals surface area contributed by atoms with Crippen molar-refractivity contribution in [3.05, 3.63) is 64.7 Å². The van der Waals surface area contributed by atoms with Gasteiger partial charge in [0.25, 0.3) is 5.91 Å². The SMILES string of the molecule is CCCCc1ccc(N2C(=O)CS[C@@]23C(=O)N2c4c(cc(C)cc43)C(C)=CC2(C)C)cc1. The fraction of sp³-hybridized carbons (Fsp3) is 0.407. The smallest absolute Gasteiger partial charge is 0.269 e. The number of rotatable bonds is 4. The van der Waals surface area contributed by atoms with Gasteiger partial charge in [0.15, 0.2) is 0 Å². The average molecular weight is 447 g/mol. The van der Waals surface area contributed by atoms with Crippen LogP contribution in [0.5, 0.6) is 0 Å². The molecule has 32 heavy (non-hydrogen) atoms. The Bertz CT molecular complexity index is 1160. The number of hydrogen-bond donors (Lipinski definition) is 0. The van der Waals surface area contributed by atoms with Crippen molar-refractivity contribution in [1.29, 1.82) is 0 Å². The molecule has 5 heteroatoms. The maximum Gasteiger partial charge on any atom is 0.269 e. The molecule has 1 saturated heterocycles. The Kier molecular flexibility index (Phi) is 4.82. The highest BCUT2D eigenvalue weighted by Gasteiger charge is 2.64. The molecule has 3 aliphatic rings. The number of nitrogens with zero attached hydrogens (tertiary/aromatic N) is 2. The second-order valence-corrected chi connectivity index (χ2v) is 10.9. The zero-order valence-corrected chi connectivity index (χ0v) is 20.3. The van der Waals surface area contributed by atoms with Crippen molar-refractivity contribution in [2.45, 2.75) is 64.3 Å². The second kappa shape index (κ2) is 7.24. The number of hydrogen-bond acceptors (Lipinski definition) is 3. The van der Waals surface area contributed by atoms with Crippen molar-refractivity contribution in [2.75, 3.05) is 15.6 Å². The Morgan fingerprint density at radius 1 is 1.03 bits per heavy atom. The van der Waals surface area contributed by atoms with Gasteiger partial charge in [0.1, 0.15) is 0 Å². The van der Waals surface area contributed by atoms with Crippen molar-refractivity contribution in [3.8, 4) is 0 Å². The highest BCUT2D eigenvalue weighted by atomic mass is 32.2. The van der Waals surface area contributed by atoms with Crippen LogP contribution < -0.4 is 9.80 Å². The van der Waals surface area contributed by atoms with E-state index in [0.29, 0.717) is 5.75 Å². The van der Waals surface area contributed by atoms with E-state index in [-0.39, 0.29) is 11.8 Å². The van der Waals surface area contributed by atoms with Gasteiger partial charge >= 0.3 is 0 Å². The molecule has 3 heterocycles. The summed E-state index contributed by atoms with van der Waals surface area (Å²) in [6, 6.07) is 12.5. The van der Waals surface area contributed by atoms with Crippen LogP contribution in [0.3, 0.4) is 0 Å². The third kappa shape index (κ3) is 2.83. The van der Waals surface area contributed by atoms with Crippen LogP contribution in [0.2, 0.25) is 0 Å². The molecule has 0 unspecified atom stereocenters. The highest BCUT2D eigenvalue weighted by molar-refractivity contribution is 8.02. The molecule has 1 fully saturated rings. The van der Waals surface area contributed by atoms with Crippen LogP contribution in [-0.4, -0.2) is 23.1 Å². The molecule has 2 aromatic carbocycles. The molecule has 0 saturated carbocycles. The van der Waals surface area contributed by atoms with E-state index in [2.05, 4.69) is 65.0 Å². The van der Waals surface area contributed by atoms with Gasteiger partial charge in [0.2, 0.25) is 10.8 Å². The molecule has 0 radical (unpaired) electrons. The molecule has 5 rings (SSSR count). The van der Waals surface area contributed by atoms with Crippen LogP contribution in [-0.2, 0) is 20.9 Å². The van der Waals surface area contributed by atoms with E-state index in [0.717, 1.165) is 47.3 Å². The number of carbonyl (C=O) groups is 2. The summed E-state index contributed by atoms with van der Waals surface area (Å²) >= 11 is 1.46. The van der Waals surface area contributed by atoms with Crippen molar-refractivity contribution in [1.82, 2.24) is 0 Å². The predicted octanol–water partition coefficient (Wildman–Crippen LogP) is 5.81. The number of benzene rings is 2. The van der Waals surface area contributed by atoms with Crippen molar-refractivity contribution < 1.29 is 9.59 Å². The molecule has 0 aliphatic carbocycles. The van der Waals surface area contributed by atoms with Gasteiger partial charge in [0.05, 0.1) is 17.0 Å². The summed E-state index contributed by atoms with van der Waals surface area (Å²) in [7, 11) is 0. The number of thioether (sulfide) groups is 1. The van der Waals surface area contributed by atoms with Gasteiger partial charge in [-0.25, -0.2) is 0 Å². The van der Waals surface area contributed by atoms with Gasteiger partial charge < -0.3 is 0 Å². The van der Waals surface area contributed by atoms with E-state index < -0.39 is 10.4 Å². The van der Waals surface area contributed by atoms with Crippen LogP contribution in [0.1, 0.15) is 62.8 Å². The van der Waals surface area contributed by atoms with Gasteiger partial charge in [-0.15, -0.1) is 11.8 Å². The van der Waals surface area contributed by atoms with Crippen molar-refractivity contribution in [2.24, 2.45) is 0 Å². The minimum Gasteiger partial charge on any atom is -0.299 e. The summed E-state index contributed by atoms with van der Waals surface area (Å²) < 4.78 is 0. The summed E-state index contributed by atoms with van der Waals surface area (Å²) in [5, 5.41) is 0. The Morgan fingerprint density at radius 3 is 2.44 bits per heavy atom. The fourth-order valence-electron chi connectivity index (χ4n) is 5.51. The maximum atomic E-state index is 14.3. The zero-order valence-electron chi connectivity index (χ0n) is 19.5. The lowest BCUT2D eigenvalue weighted by Gasteiger charge is -2.40. The Hall–Kier alpha value is -2.53. The molecule has 166 valence electrons. The largest absolute Gasteiger partial charge is 0.299 e. The summed E-state index contributed by atoms with van der Waals surface area (Å²) in [6.07, 6.45) is 5.50. The minimum absolute atomic E-state index is 0.0118. The van der Waals surface area contributed by atoms with Crippen LogP contribution in [0.15, 0.2) is 42.5 Å². The van der Waals surface area contributed by atoms with Gasteiger partial charge in [-0.2, -0.15) is 0 Å². The molecular formula is C27H30N2O2S. The molecule has 2 amide bonds. The number of anilines is 2.